The van der Waals surface area contributed by atoms with Crippen LogP contribution in [0.15, 0.2) is 54.2 Å². The number of ether oxygens (including phenoxy) is 1. The zero-order valence-corrected chi connectivity index (χ0v) is 15.2. The Morgan fingerprint density at radius 3 is 2.52 bits per heavy atom. The Hall–Kier alpha value is -3.21. The number of halogens is 1. The van der Waals surface area contributed by atoms with E-state index in [4.69, 9.17) is 4.74 Å². The van der Waals surface area contributed by atoms with Gasteiger partial charge in [0, 0.05) is 12.6 Å². The SMILES string of the molecule is Cc1cc(/C=C/c2ccc(C(=O)OC3=C(F)CCC=C3)nc2)cc(C)c1O. The fourth-order valence-corrected chi connectivity index (χ4v) is 2.76. The van der Waals surface area contributed by atoms with E-state index in [1.165, 1.54) is 6.08 Å². The summed E-state index contributed by atoms with van der Waals surface area (Å²) in [5, 5.41) is 9.82. The summed E-state index contributed by atoms with van der Waals surface area (Å²) >= 11 is 0. The van der Waals surface area contributed by atoms with Crippen molar-refractivity contribution < 1.29 is 19.0 Å². The number of hydrogen-bond donors (Lipinski definition) is 1. The van der Waals surface area contributed by atoms with Crippen LogP contribution in [0, 0.1) is 13.8 Å². The van der Waals surface area contributed by atoms with Gasteiger partial charge in [0.25, 0.3) is 0 Å². The minimum absolute atomic E-state index is 0.0462. The van der Waals surface area contributed by atoms with Crippen molar-refractivity contribution in [3.8, 4) is 5.75 Å². The van der Waals surface area contributed by atoms with Crippen LogP contribution in [0.2, 0.25) is 0 Å². The molecule has 5 heteroatoms. The van der Waals surface area contributed by atoms with Gasteiger partial charge < -0.3 is 9.84 Å². The smallest absolute Gasteiger partial charge is 0.362 e. The molecule has 0 bridgehead atoms. The number of pyridine rings is 1. The van der Waals surface area contributed by atoms with Crippen molar-refractivity contribution in [3.63, 3.8) is 0 Å². The van der Waals surface area contributed by atoms with Crippen LogP contribution in [0.25, 0.3) is 12.2 Å². The molecule has 0 amide bonds. The average molecular weight is 365 g/mol. The standard InChI is InChI=1S/C22H20FNO3/c1-14-11-17(12-15(2)21(14)25)8-7-16-9-10-19(24-13-16)22(26)27-20-6-4-3-5-18(20)23/h4,6-13,25H,3,5H2,1-2H3/b8-7+. The molecule has 0 saturated carbocycles. The zero-order valence-electron chi connectivity index (χ0n) is 15.2. The van der Waals surface area contributed by atoms with E-state index < -0.39 is 11.8 Å². The van der Waals surface area contributed by atoms with E-state index in [0.717, 1.165) is 22.3 Å². The first kappa shape index (κ1) is 18.6. The second kappa shape index (κ2) is 7.99. The lowest BCUT2D eigenvalue weighted by Crippen LogP contribution is -2.08. The van der Waals surface area contributed by atoms with Crippen LogP contribution >= 0.6 is 0 Å². The monoisotopic (exact) mass is 365 g/mol. The number of esters is 1. The lowest BCUT2D eigenvalue weighted by molar-refractivity contribution is 0.0619. The number of carbonyl (C=O) groups is 1. The first-order chi connectivity index (χ1) is 12.9. The largest absolute Gasteiger partial charge is 0.507 e. The topological polar surface area (TPSA) is 59.4 Å². The number of carbonyl (C=O) groups excluding carboxylic acids is 1. The number of phenols is 1. The van der Waals surface area contributed by atoms with Gasteiger partial charge in [0.05, 0.1) is 0 Å². The molecule has 0 radical (unpaired) electrons. The highest BCUT2D eigenvalue weighted by atomic mass is 19.1. The lowest BCUT2D eigenvalue weighted by Gasteiger charge is -2.09. The normalized spacial score (nSPS) is 14.0. The number of benzene rings is 1. The molecule has 0 saturated heterocycles. The summed E-state index contributed by atoms with van der Waals surface area (Å²) in [4.78, 5) is 16.2. The summed E-state index contributed by atoms with van der Waals surface area (Å²) < 4.78 is 18.7. The Morgan fingerprint density at radius 1 is 1.19 bits per heavy atom. The third kappa shape index (κ3) is 4.50. The van der Waals surface area contributed by atoms with Gasteiger partial charge in [0.1, 0.15) is 17.3 Å². The Morgan fingerprint density at radius 2 is 1.89 bits per heavy atom. The van der Waals surface area contributed by atoms with Crippen LogP contribution in [0.3, 0.4) is 0 Å². The summed E-state index contributed by atoms with van der Waals surface area (Å²) in [6.45, 7) is 3.70. The number of hydrogen-bond acceptors (Lipinski definition) is 4. The number of phenolic OH excluding ortho intramolecular Hbond substituents is 1. The van der Waals surface area contributed by atoms with E-state index in [9.17, 15) is 14.3 Å². The summed E-state index contributed by atoms with van der Waals surface area (Å²) in [6, 6.07) is 7.05. The molecule has 0 fully saturated rings. The molecule has 1 aliphatic rings. The molecular formula is C22H20FNO3. The van der Waals surface area contributed by atoms with Gasteiger partial charge in [-0.1, -0.05) is 24.3 Å². The molecule has 3 rings (SSSR count). The summed E-state index contributed by atoms with van der Waals surface area (Å²) in [5.41, 5.74) is 3.49. The number of allylic oxidation sites excluding steroid dienone is 3. The van der Waals surface area contributed by atoms with Gasteiger partial charge in [-0.05, 0) is 66.8 Å². The molecule has 1 heterocycles. The molecule has 1 N–H and O–H groups in total. The Labute approximate surface area is 157 Å². The molecule has 0 aliphatic heterocycles. The molecule has 27 heavy (non-hydrogen) atoms. The third-order valence-corrected chi connectivity index (χ3v) is 4.25. The average Bonchev–Trinajstić information content (AvgIpc) is 2.66. The second-order valence-electron chi connectivity index (χ2n) is 6.41. The molecule has 2 aromatic rings. The van der Waals surface area contributed by atoms with E-state index in [1.54, 1.807) is 24.4 Å². The van der Waals surface area contributed by atoms with Crippen LogP contribution in [0.1, 0.15) is 45.6 Å². The lowest BCUT2D eigenvalue weighted by atomic mass is 10.0. The van der Waals surface area contributed by atoms with E-state index in [1.807, 2.05) is 38.1 Å². The van der Waals surface area contributed by atoms with Gasteiger partial charge in [-0.25, -0.2) is 14.2 Å². The Kier molecular flexibility index (Phi) is 5.50. The fourth-order valence-electron chi connectivity index (χ4n) is 2.76. The highest BCUT2D eigenvalue weighted by Gasteiger charge is 2.15. The molecule has 1 aromatic heterocycles. The predicted octanol–water partition coefficient (Wildman–Crippen LogP) is 5.26. The predicted molar refractivity (Wildman–Crippen MR) is 103 cm³/mol. The van der Waals surface area contributed by atoms with Crippen molar-refractivity contribution in [2.45, 2.75) is 26.7 Å². The maximum Gasteiger partial charge on any atom is 0.362 e. The van der Waals surface area contributed by atoms with Crippen LogP contribution in [-0.4, -0.2) is 16.1 Å². The van der Waals surface area contributed by atoms with E-state index in [0.29, 0.717) is 12.2 Å². The van der Waals surface area contributed by atoms with Gasteiger partial charge in [0.15, 0.2) is 5.76 Å². The molecule has 4 nitrogen and oxygen atoms in total. The van der Waals surface area contributed by atoms with Crippen LogP contribution in [-0.2, 0) is 4.74 Å². The van der Waals surface area contributed by atoms with Gasteiger partial charge in [-0.2, -0.15) is 0 Å². The number of aryl methyl sites for hydroxylation is 2. The first-order valence-electron chi connectivity index (χ1n) is 8.66. The van der Waals surface area contributed by atoms with E-state index >= 15 is 0 Å². The second-order valence-corrected chi connectivity index (χ2v) is 6.41. The molecule has 0 unspecified atom stereocenters. The highest BCUT2D eigenvalue weighted by Crippen LogP contribution is 2.24. The number of rotatable bonds is 4. The number of nitrogens with zero attached hydrogens (tertiary/aromatic N) is 1. The zero-order chi connectivity index (χ0) is 19.4. The molecule has 1 aromatic carbocycles. The van der Waals surface area contributed by atoms with Gasteiger partial charge in [-0.3, -0.25) is 0 Å². The fraction of sp³-hybridized carbons (Fsp3) is 0.182. The summed E-state index contributed by atoms with van der Waals surface area (Å²) in [5.74, 6) is -0.858. The maximum absolute atomic E-state index is 13.6. The first-order valence-corrected chi connectivity index (χ1v) is 8.66. The molecule has 1 aliphatic carbocycles. The van der Waals surface area contributed by atoms with Gasteiger partial charge >= 0.3 is 5.97 Å². The molecule has 138 valence electrons. The van der Waals surface area contributed by atoms with Crippen LogP contribution in [0.5, 0.6) is 5.75 Å². The Balaban J connectivity index is 1.70. The third-order valence-electron chi connectivity index (χ3n) is 4.25. The number of aromatic nitrogens is 1. The summed E-state index contributed by atoms with van der Waals surface area (Å²) in [6.07, 6.45) is 9.39. The van der Waals surface area contributed by atoms with E-state index in [-0.39, 0.29) is 17.9 Å². The van der Waals surface area contributed by atoms with Crippen molar-refractivity contribution in [1.29, 1.82) is 0 Å². The maximum atomic E-state index is 13.6. The minimum Gasteiger partial charge on any atom is -0.507 e. The van der Waals surface area contributed by atoms with Gasteiger partial charge in [-0.15, -0.1) is 0 Å². The van der Waals surface area contributed by atoms with Crippen LogP contribution < -0.4 is 0 Å². The van der Waals surface area contributed by atoms with Gasteiger partial charge in [0.2, 0.25) is 0 Å². The van der Waals surface area contributed by atoms with Crippen molar-refractivity contribution >= 4 is 18.1 Å². The van der Waals surface area contributed by atoms with Crippen molar-refractivity contribution in [3.05, 3.63) is 82.1 Å². The van der Waals surface area contributed by atoms with Crippen LogP contribution in [0.4, 0.5) is 4.39 Å². The van der Waals surface area contributed by atoms with Crippen molar-refractivity contribution in [2.75, 3.05) is 0 Å². The molecular weight excluding hydrogens is 345 g/mol. The highest BCUT2D eigenvalue weighted by molar-refractivity contribution is 5.88. The summed E-state index contributed by atoms with van der Waals surface area (Å²) in [7, 11) is 0. The van der Waals surface area contributed by atoms with E-state index in [2.05, 4.69) is 4.98 Å². The van der Waals surface area contributed by atoms with Crippen molar-refractivity contribution in [1.82, 2.24) is 4.98 Å². The quantitative estimate of drug-likeness (QED) is 0.751. The van der Waals surface area contributed by atoms with Crippen molar-refractivity contribution in [2.24, 2.45) is 0 Å². The molecule has 0 spiro atoms. The minimum atomic E-state index is -0.688. The Bertz CT molecular complexity index is 933. The number of aromatic hydroxyl groups is 1. The molecule has 0 atom stereocenters.